The Morgan fingerprint density at radius 3 is 2.71 bits per heavy atom. The highest BCUT2D eigenvalue weighted by Crippen LogP contribution is 2.24. The van der Waals surface area contributed by atoms with Crippen LogP contribution in [-0.4, -0.2) is 14.8 Å². The van der Waals surface area contributed by atoms with Crippen molar-refractivity contribution in [3.8, 4) is 0 Å². The van der Waals surface area contributed by atoms with Crippen LogP contribution < -0.4 is 5.32 Å². The van der Waals surface area contributed by atoms with Gasteiger partial charge in [-0.3, -0.25) is 0 Å². The number of fused-ring (bicyclic) bond motifs is 1. The lowest BCUT2D eigenvalue weighted by molar-refractivity contribution is 0.463. The highest BCUT2D eigenvalue weighted by Gasteiger charge is 2.23. The fraction of sp³-hybridized carbons (Fsp3) is 0.385. The van der Waals surface area contributed by atoms with Crippen LogP contribution in [0.4, 0.5) is 0 Å². The predicted molar refractivity (Wildman–Crippen MR) is 65.5 cm³/mol. The van der Waals surface area contributed by atoms with E-state index in [0.29, 0.717) is 0 Å². The molecule has 1 aromatic heterocycles. The lowest BCUT2D eigenvalue weighted by Gasteiger charge is -2.25. The maximum absolute atomic E-state index is 4.26. The van der Waals surface area contributed by atoms with Gasteiger partial charge in [0.2, 0.25) is 0 Å². The smallest absolute Gasteiger partial charge is 0.150 e. The van der Waals surface area contributed by atoms with E-state index in [1.54, 1.807) is 0 Å². The minimum atomic E-state index is 0.274. The Balaban J connectivity index is 1.92. The third-order valence-electron chi connectivity index (χ3n) is 3.52. The lowest BCUT2D eigenvalue weighted by atomic mass is 9.95. The Kier molecular flexibility index (Phi) is 2.44. The lowest BCUT2D eigenvalue weighted by Crippen LogP contribution is -2.30. The number of nitrogens with one attached hydrogen (secondary N) is 1. The standard InChI is InChI=1S/C13H16N4/c1-9-15-16-13(17(9)2)12-7-10-5-3-4-6-11(10)8-14-12/h3-6,12,14H,7-8H2,1-2H3. The van der Waals surface area contributed by atoms with Crippen molar-refractivity contribution in [1.29, 1.82) is 0 Å². The summed E-state index contributed by atoms with van der Waals surface area (Å²) in [5, 5.41) is 11.9. The monoisotopic (exact) mass is 228 g/mol. The second kappa shape index (κ2) is 3.96. The second-order valence-electron chi connectivity index (χ2n) is 4.57. The van der Waals surface area contributed by atoms with Gasteiger partial charge in [-0.2, -0.15) is 0 Å². The number of rotatable bonds is 1. The zero-order valence-electron chi connectivity index (χ0n) is 10.1. The molecule has 2 aromatic rings. The van der Waals surface area contributed by atoms with Gasteiger partial charge in [0.05, 0.1) is 6.04 Å². The van der Waals surface area contributed by atoms with E-state index < -0.39 is 0 Å². The maximum Gasteiger partial charge on any atom is 0.150 e. The molecule has 1 aliphatic rings. The highest BCUT2D eigenvalue weighted by molar-refractivity contribution is 5.30. The molecular formula is C13H16N4. The van der Waals surface area contributed by atoms with Crippen LogP contribution in [-0.2, 0) is 20.0 Å². The SMILES string of the molecule is Cc1nnc(C2Cc3ccccc3CN2)n1C. The van der Waals surface area contributed by atoms with Crippen LogP contribution in [0, 0.1) is 6.92 Å². The molecule has 0 spiro atoms. The molecule has 1 aliphatic heterocycles. The summed E-state index contributed by atoms with van der Waals surface area (Å²) in [6.07, 6.45) is 0.988. The average molecular weight is 228 g/mol. The van der Waals surface area contributed by atoms with Gasteiger partial charge in [0, 0.05) is 13.6 Å². The number of aromatic nitrogens is 3. The number of benzene rings is 1. The van der Waals surface area contributed by atoms with Gasteiger partial charge in [-0.1, -0.05) is 24.3 Å². The van der Waals surface area contributed by atoms with E-state index in [1.165, 1.54) is 11.1 Å². The Morgan fingerprint density at radius 2 is 2.00 bits per heavy atom. The van der Waals surface area contributed by atoms with Crippen LogP contribution in [0.2, 0.25) is 0 Å². The van der Waals surface area contributed by atoms with E-state index in [0.717, 1.165) is 24.6 Å². The summed E-state index contributed by atoms with van der Waals surface area (Å²) in [7, 11) is 2.02. The molecule has 1 N–H and O–H groups in total. The van der Waals surface area contributed by atoms with Gasteiger partial charge in [-0.25, -0.2) is 0 Å². The molecule has 4 heteroatoms. The maximum atomic E-state index is 4.26. The molecule has 1 atom stereocenters. The number of hydrogen-bond donors (Lipinski definition) is 1. The van der Waals surface area contributed by atoms with E-state index >= 15 is 0 Å². The van der Waals surface area contributed by atoms with E-state index in [-0.39, 0.29) is 6.04 Å². The molecule has 4 nitrogen and oxygen atoms in total. The molecule has 0 aliphatic carbocycles. The summed E-state index contributed by atoms with van der Waals surface area (Å²) < 4.78 is 2.06. The van der Waals surface area contributed by atoms with Gasteiger partial charge in [-0.15, -0.1) is 10.2 Å². The van der Waals surface area contributed by atoms with Crippen molar-refractivity contribution in [1.82, 2.24) is 20.1 Å². The van der Waals surface area contributed by atoms with Crippen LogP contribution in [0.25, 0.3) is 0 Å². The predicted octanol–water partition coefficient (Wildman–Crippen LogP) is 1.51. The minimum absolute atomic E-state index is 0.274. The van der Waals surface area contributed by atoms with Gasteiger partial charge < -0.3 is 9.88 Å². The summed E-state index contributed by atoms with van der Waals surface area (Å²) >= 11 is 0. The molecule has 0 amide bonds. The largest absolute Gasteiger partial charge is 0.317 e. The molecule has 1 unspecified atom stereocenters. The molecule has 88 valence electrons. The Bertz CT molecular complexity index is 544. The molecule has 3 rings (SSSR count). The number of aryl methyl sites for hydroxylation is 1. The Labute approximate surface area is 101 Å². The van der Waals surface area contributed by atoms with Crippen LogP contribution in [0.1, 0.15) is 28.8 Å². The molecule has 0 saturated heterocycles. The van der Waals surface area contributed by atoms with Crippen molar-refractivity contribution in [3.63, 3.8) is 0 Å². The molecule has 0 fully saturated rings. The third-order valence-corrected chi connectivity index (χ3v) is 3.52. The summed E-state index contributed by atoms with van der Waals surface area (Å²) in [5.74, 6) is 1.98. The van der Waals surface area contributed by atoms with Gasteiger partial charge in [-0.05, 0) is 24.5 Å². The molecule has 0 radical (unpaired) electrons. The normalized spacial score (nSPS) is 19.1. The number of nitrogens with zero attached hydrogens (tertiary/aromatic N) is 3. The summed E-state index contributed by atoms with van der Waals surface area (Å²) in [5.41, 5.74) is 2.81. The topological polar surface area (TPSA) is 42.7 Å². The minimum Gasteiger partial charge on any atom is -0.317 e. The van der Waals surface area contributed by atoms with Crippen molar-refractivity contribution in [2.75, 3.05) is 0 Å². The Hall–Kier alpha value is -1.68. The van der Waals surface area contributed by atoms with Crippen molar-refractivity contribution < 1.29 is 0 Å². The summed E-state index contributed by atoms with van der Waals surface area (Å²) in [4.78, 5) is 0. The first-order chi connectivity index (χ1) is 8.25. The van der Waals surface area contributed by atoms with Gasteiger partial charge in [0.15, 0.2) is 0 Å². The molecule has 0 bridgehead atoms. The Morgan fingerprint density at radius 1 is 1.24 bits per heavy atom. The van der Waals surface area contributed by atoms with Gasteiger partial charge >= 0.3 is 0 Å². The van der Waals surface area contributed by atoms with Crippen LogP contribution in [0.5, 0.6) is 0 Å². The second-order valence-corrected chi connectivity index (χ2v) is 4.57. The van der Waals surface area contributed by atoms with Crippen LogP contribution in [0.15, 0.2) is 24.3 Å². The van der Waals surface area contributed by atoms with E-state index in [1.807, 2.05) is 14.0 Å². The summed E-state index contributed by atoms with van der Waals surface area (Å²) in [6.45, 7) is 2.89. The van der Waals surface area contributed by atoms with Gasteiger partial charge in [0.25, 0.3) is 0 Å². The molecular weight excluding hydrogens is 212 g/mol. The van der Waals surface area contributed by atoms with Crippen LogP contribution in [0.3, 0.4) is 0 Å². The first kappa shape index (κ1) is 10.5. The zero-order valence-corrected chi connectivity index (χ0v) is 10.1. The first-order valence-corrected chi connectivity index (χ1v) is 5.92. The third kappa shape index (κ3) is 1.74. The molecule has 2 heterocycles. The van der Waals surface area contributed by atoms with Crippen LogP contribution >= 0.6 is 0 Å². The average Bonchev–Trinajstić information content (AvgIpc) is 2.70. The molecule has 0 saturated carbocycles. The first-order valence-electron chi connectivity index (χ1n) is 5.92. The van der Waals surface area contributed by atoms with E-state index in [4.69, 9.17) is 0 Å². The zero-order chi connectivity index (χ0) is 11.8. The fourth-order valence-electron chi connectivity index (χ4n) is 2.36. The summed E-state index contributed by atoms with van der Waals surface area (Å²) in [6, 6.07) is 8.85. The van der Waals surface area contributed by atoms with Crippen molar-refractivity contribution in [3.05, 3.63) is 47.0 Å². The highest BCUT2D eigenvalue weighted by atomic mass is 15.3. The van der Waals surface area contributed by atoms with Crippen molar-refractivity contribution >= 4 is 0 Å². The van der Waals surface area contributed by atoms with E-state index in [2.05, 4.69) is 44.3 Å². The van der Waals surface area contributed by atoms with E-state index in [9.17, 15) is 0 Å². The molecule has 1 aromatic carbocycles. The number of hydrogen-bond acceptors (Lipinski definition) is 3. The fourth-order valence-corrected chi connectivity index (χ4v) is 2.36. The van der Waals surface area contributed by atoms with Gasteiger partial charge in [0.1, 0.15) is 11.6 Å². The van der Waals surface area contributed by atoms with Crippen molar-refractivity contribution in [2.45, 2.75) is 25.9 Å². The van der Waals surface area contributed by atoms with Crippen molar-refractivity contribution in [2.24, 2.45) is 7.05 Å². The molecule has 17 heavy (non-hydrogen) atoms. The quantitative estimate of drug-likeness (QED) is 0.804.